The van der Waals surface area contributed by atoms with Gasteiger partial charge in [0.05, 0.1) is 0 Å². The number of nitrogens with one attached hydrogen (secondary N) is 1. The van der Waals surface area contributed by atoms with Crippen molar-refractivity contribution in [3.05, 3.63) is 35.4 Å². The van der Waals surface area contributed by atoms with Gasteiger partial charge in [-0.05, 0) is 45.3 Å². The third kappa shape index (κ3) is 3.12. The van der Waals surface area contributed by atoms with E-state index in [-0.39, 0.29) is 0 Å². The molecule has 1 fully saturated rings. The summed E-state index contributed by atoms with van der Waals surface area (Å²) < 4.78 is 0. The SMILES string of the molecule is CCC(c1ccc(C)cc1)N(C)C1CCCNC1. The van der Waals surface area contributed by atoms with Crippen LogP contribution in [0.5, 0.6) is 0 Å². The molecule has 0 aromatic heterocycles. The van der Waals surface area contributed by atoms with Crippen LogP contribution in [0, 0.1) is 6.92 Å². The van der Waals surface area contributed by atoms with Gasteiger partial charge in [0.1, 0.15) is 0 Å². The summed E-state index contributed by atoms with van der Waals surface area (Å²) in [4.78, 5) is 2.57. The molecule has 1 aromatic rings. The van der Waals surface area contributed by atoms with Crippen molar-refractivity contribution >= 4 is 0 Å². The molecule has 0 spiro atoms. The minimum absolute atomic E-state index is 0.551. The molecule has 0 bridgehead atoms. The van der Waals surface area contributed by atoms with E-state index in [2.05, 4.69) is 55.4 Å². The van der Waals surface area contributed by atoms with Gasteiger partial charge in [0, 0.05) is 18.6 Å². The van der Waals surface area contributed by atoms with Crippen molar-refractivity contribution in [2.45, 2.75) is 45.2 Å². The summed E-state index contributed by atoms with van der Waals surface area (Å²) in [6, 6.07) is 10.3. The number of likely N-dealkylation sites (N-methyl/N-ethyl adjacent to an activating group) is 1. The van der Waals surface area contributed by atoms with Gasteiger partial charge < -0.3 is 5.32 Å². The topological polar surface area (TPSA) is 15.3 Å². The largest absolute Gasteiger partial charge is 0.315 e. The zero-order valence-corrected chi connectivity index (χ0v) is 11.9. The van der Waals surface area contributed by atoms with Crippen LogP contribution in [0.3, 0.4) is 0 Å². The first-order chi connectivity index (χ1) is 8.72. The number of benzene rings is 1. The van der Waals surface area contributed by atoms with Crippen LogP contribution >= 0.6 is 0 Å². The Morgan fingerprint density at radius 2 is 2.06 bits per heavy atom. The Kier molecular flexibility index (Phi) is 4.79. The van der Waals surface area contributed by atoms with Crippen molar-refractivity contribution < 1.29 is 0 Å². The molecule has 1 aromatic carbocycles. The maximum Gasteiger partial charge on any atom is 0.0345 e. The maximum atomic E-state index is 3.51. The molecule has 2 rings (SSSR count). The first-order valence-electron chi connectivity index (χ1n) is 7.21. The predicted molar refractivity (Wildman–Crippen MR) is 77.9 cm³/mol. The quantitative estimate of drug-likeness (QED) is 0.878. The van der Waals surface area contributed by atoms with Crippen molar-refractivity contribution in [2.24, 2.45) is 0 Å². The molecule has 2 unspecified atom stereocenters. The average molecular weight is 246 g/mol. The predicted octanol–water partition coefficient (Wildman–Crippen LogP) is 3.13. The van der Waals surface area contributed by atoms with Crippen molar-refractivity contribution in [1.82, 2.24) is 10.2 Å². The lowest BCUT2D eigenvalue weighted by molar-refractivity contribution is 0.143. The molecule has 0 aliphatic carbocycles. The van der Waals surface area contributed by atoms with E-state index in [0.717, 1.165) is 6.54 Å². The van der Waals surface area contributed by atoms with E-state index in [0.29, 0.717) is 12.1 Å². The zero-order valence-electron chi connectivity index (χ0n) is 11.9. The van der Waals surface area contributed by atoms with E-state index >= 15 is 0 Å². The second-order valence-corrected chi connectivity index (χ2v) is 5.50. The maximum absolute atomic E-state index is 3.51. The van der Waals surface area contributed by atoms with Crippen molar-refractivity contribution in [2.75, 3.05) is 20.1 Å². The number of nitrogens with zero attached hydrogens (tertiary/aromatic N) is 1. The normalized spacial score (nSPS) is 22.1. The van der Waals surface area contributed by atoms with Gasteiger partial charge in [-0.2, -0.15) is 0 Å². The van der Waals surface area contributed by atoms with Crippen LogP contribution in [0.15, 0.2) is 24.3 Å². The molecular weight excluding hydrogens is 220 g/mol. The Labute approximate surface area is 111 Å². The van der Waals surface area contributed by atoms with Crippen LogP contribution in [-0.4, -0.2) is 31.1 Å². The van der Waals surface area contributed by atoms with Crippen molar-refractivity contribution in [1.29, 1.82) is 0 Å². The summed E-state index contributed by atoms with van der Waals surface area (Å²) in [5.41, 5.74) is 2.80. The molecule has 18 heavy (non-hydrogen) atoms. The van der Waals surface area contributed by atoms with E-state index in [1.165, 1.54) is 36.9 Å². The van der Waals surface area contributed by atoms with Gasteiger partial charge in [-0.15, -0.1) is 0 Å². The second-order valence-electron chi connectivity index (χ2n) is 5.50. The Bertz CT molecular complexity index is 352. The molecule has 0 saturated carbocycles. The molecule has 1 saturated heterocycles. The number of rotatable bonds is 4. The molecule has 2 atom stereocenters. The van der Waals surface area contributed by atoms with Crippen LogP contribution in [-0.2, 0) is 0 Å². The van der Waals surface area contributed by atoms with Crippen LogP contribution in [0.25, 0.3) is 0 Å². The molecular formula is C16H26N2. The summed E-state index contributed by atoms with van der Waals surface area (Å²) >= 11 is 0. The molecule has 1 aliphatic heterocycles. The highest BCUT2D eigenvalue weighted by Gasteiger charge is 2.24. The molecule has 0 amide bonds. The fourth-order valence-corrected chi connectivity index (χ4v) is 2.98. The molecule has 0 radical (unpaired) electrons. The molecule has 1 heterocycles. The first-order valence-corrected chi connectivity index (χ1v) is 7.21. The van der Waals surface area contributed by atoms with Gasteiger partial charge in [0.2, 0.25) is 0 Å². The Hall–Kier alpha value is -0.860. The third-order valence-electron chi connectivity index (χ3n) is 4.19. The van der Waals surface area contributed by atoms with Gasteiger partial charge in [-0.1, -0.05) is 36.8 Å². The summed E-state index contributed by atoms with van der Waals surface area (Å²) in [6.45, 7) is 6.77. The summed E-state index contributed by atoms with van der Waals surface area (Å²) in [5.74, 6) is 0. The molecule has 100 valence electrons. The molecule has 1 N–H and O–H groups in total. The summed E-state index contributed by atoms with van der Waals surface area (Å²) in [5, 5.41) is 3.51. The number of hydrogen-bond donors (Lipinski definition) is 1. The molecule has 2 nitrogen and oxygen atoms in total. The van der Waals surface area contributed by atoms with Gasteiger partial charge in [0.25, 0.3) is 0 Å². The minimum Gasteiger partial charge on any atom is -0.315 e. The Morgan fingerprint density at radius 1 is 1.33 bits per heavy atom. The smallest absolute Gasteiger partial charge is 0.0345 e. The monoisotopic (exact) mass is 246 g/mol. The molecule has 1 aliphatic rings. The second kappa shape index (κ2) is 6.35. The highest BCUT2D eigenvalue weighted by atomic mass is 15.2. The summed E-state index contributed by atoms with van der Waals surface area (Å²) in [6.07, 6.45) is 3.81. The molecule has 2 heteroatoms. The van der Waals surface area contributed by atoms with Crippen LogP contribution in [0.2, 0.25) is 0 Å². The lowest BCUT2D eigenvalue weighted by Crippen LogP contribution is -2.45. The van der Waals surface area contributed by atoms with E-state index in [1.54, 1.807) is 0 Å². The number of hydrogen-bond acceptors (Lipinski definition) is 2. The van der Waals surface area contributed by atoms with Crippen LogP contribution in [0.4, 0.5) is 0 Å². The number of piperidine rings is 1. The third-order valence-corrected chi connectivity index (χ3v) is 4.19. The van der Waals surface area contributed by atoms with Crippen LogP contribution in [0.1, 0.15) is 43.4 Å². The van der Waals surface area contributed by atoms with Crippen LogP contribution < -0.4 is 5.32 Å². The van der Waals surface area contributed by atoms with E-state index in [4.69, 9.17) is 0 Å². The minimum atomic E-state index is 0.551. The van der Waals surface area contributed by atoms with Gasteiger partial charge in [0.15, 0.2) is 0 Å². The van der Waals surface area contributed by atoms with E-state index < -0.39 is 0 Å². The van der Waals surface area contributed by atoms with E-state index in [9.17, 15) is 0 Å². The zero-order chi connectivity index (χ0) is 13.0. The van der Waals surface area contributed by atoms with Crippen molar-refractivity contribution in [3.63, 3.8) is 0 Å². The van der Waals surface area contributed by atoms with Crippen molar-refractivity contribution in [3.8, 4) is 0 Å². The fourth-order valence-electron chi connectivity index (χ4n) is 2.98. The highest BCUT2D eigenvalue weighted by molar-refractivity contribution is 5.24. The first kappa shape index (κ1) is 13.6. The fraction of sp³-hybridized carbons (Fsp3) is 0.625. The highest BCUT2D eigenvalue weighted by Crippen LogP contribution is 2.26. The van der Waals surface area contributed by atoms with Gasteiger partial charge >= 0.3 is 0 Å². The Morgan fingerprint density at radius 3 is 2.61 bits per heavy atom. The van der Waals surface area contributed by atoms with Gasteiger partial charge in [-0.25, -0.2) is 0 Å². The summed E-state index contributed by atoms with van der Waals surface area (Å²) in [7, 11) is 2.28. The van der Waals surface area contributed by atoms with Gasteiger partial charge in [-0.3, -0.25) is 4.90 Å². The van der Waals surface area contributed by atoms with E-state index in [1.807, 2.05) is 0 Å². The average Bonchev–Trinajstić information content (AvgIpc) is 2.42. The lowest BCUT2D eigenvalue weighted by Gasteiger charge is -2.37. The standard InChI is InChI=1S/C16H26N2/c1-4-16(14-9-7-13(2)8-10-14)18(3)15-6-5-11-17-12-15/h7-10,15-17H,4-6,11-12H2,1-3H3. The Balaban J connectivity index is 2.09. The number of aryl methyl sites for hydroxylation is 1. The lowest BCUT2D eigenvalue weighted by atomic mass is 9.98.